The van der Waals surface area contributed by atoms with Gasteiger partial charge in [-0.25, -0.2) is 0 Å². The fourth-order valence-electron chi connectivity index (χ4n) is 3.64. The summed E-state index contributed by atoms with van der Waals surface area (Å²) in [4.78, 5) is 2.53. The van der Waals surface area contributed by atoms with Crippen LogP contribution in [-0.4, -0.2) is 43.5 Å². The summed E-state index contributed by atoms with van der Waals surface area (Å²) >= 11 is 0. The fraction of sp³-hybridized carbons (Fsp3) is 0.714. The molecule has 134 valence electrons. The Morgan fingerprint density at radius 2 is 1.75 bits per heavy atom. The average Bonchev–Trinajstić information content (AvgIpc) is 3.01. The Kier molecular flexibility index (Phi) is 5.96. The van der Waals surface area contributed by atoms with Crippen LogP contribution in [0.15, 0.2) is 24.3 Å². The molecule has 2 atom stereocenters. The molecule has 0 unspecified atom stereocenters. The molecule has 0 radical (unpaired) electrons. The van der Waals surface area contributed by atoms with E-state index in [1.165, 1.54) is 43.5 Å². The van der Waals surface area contributed by atoms with E-state index in [9.17, 15) is 0 Å². The smallest absolute Gasteiger partial charge is 0.158 e. The second-order valence-electron chi connectivity index (χ2n) is 8.37. The van der Waals surface area contributed by atoms with Gasteiger partial charge >= 0.3 is 0 Å². The maximum atomic E-state index is 6.10. The molecule has 3 rings (SSSR count). The highest BCUT2D eigenvalue weighted by Crippen LogP contribution is 2.23. The van der Waals surface area contributed by atoms with Crippen molar-refractivity contribution in [2.24, 2.45) is 0 Å². The molecule has 0 aromatic heterocycles. The van der Waals surface area contributed by atoms with Gasteiger partial charge in [-0.1, -0.05) is 51.5 Å². The van der Waals surface area contributed by atoms with Crippen LogP contribution in [0.3, 0.4) is 0 Å². The van der Waals surface area contributed by atoms with Crippen LogP contribution >= 0.6 is 0 Å². The number of nitrogens with zero attached hydrogens (tertiary/aromatic N) is 1. The highest BCUT2D eigenvalue weighted by molar-refractivity contribution is 5.27. The van der Waals surface area contributed by atoms with E-state index in [0.717, 1.165) is 26.0 Å². The lowest BCUT2D eigenvalue weighted by molar-refractivity contribution is -0.0660. The first-order chi connectivity index (χ1) is 11.5. The summed E-state index contributed by atoms with van der Waals surface area (Å²) in [6, 6.07) is 9.01. The van der Waals surface area contributed by atoms with Crippen molar-refractivity contribution in [1.82, 2.24) is 4.90 Å². The zero-order valence-electron chi connectivity index (χ0n) is 15.6. The standard InChI is InChI=1S/C21H33NO2/c1-21(2,3)18-10-7-17(8-11-18)9-12-20-23-16-19(24-20)15-22-13-5-4-6-14-22/h7-8,10-11,19-20H,4-6,9,12-16H2,1-3H3/t19-,20+/m1/s1. The van der Waals surface area contributed by atoms with Crippen LogP contribution in [-0.2, 0) is 21.3 Å². The average molecular weight is 332 g/mol. The van der Waals surface area contributed by atoms with E-state index in [4.69, 9.17) is 9.47 Å². The molecule has 1 aromatic carbocycles. The third kappa shape index (κ3) is 5.05. The minimum atomic E-state index is -0.0258. The van der Waals surface area contributed by atoms with Crippen molar-refractivity contribution in [1.29, 1.82) is 0 Å². The van der Waals surface area contributed by atoms with E-state index >= 15 is 0 Å². The van der Waals surface area contributed by atoms with E-state index in [1.807, 2.05) is 0 Å². The van der Waals surface area contributed by atoms with Crippen molar-refractivity contribution in [2.75, 3.05) is 26.2 Å². The number of rotatable bonds is 5. The topological polar surface area (TPSA) is 21.7 Å². The molecule has 2 saturated heterocycles. The summed E-state index contributed by atoms with van der Waals surface area (Å²) in [7, 11) is 0. The van der Waals surface area contributed by atoms with Gasteiger partial charge in [0.25, 0.3) is 0 Å². The van der Waals surface area contributed by atoms with Gasteiger partial charge in [0.1, 0.15) is 0 Å². The van der Waals surface area contributed by atoms with Crippen molar-refractivity contribution >= 4 is 0 Å². The second kappa shape index (κ2) is 7.99. The Balaban J connectivity index is 1.41. The minimum Gasteiger partial charge on any atom is -0.350 e. The Morgan fingerprint density at radius 3 is 2.42 bits per heavy atom. The number of hydrogen-bond donors (Lipinski definition) is 0. The van der Waals surface area contributed by atoms with Crippen molar-refractivity contribution in [3.63, 3.8) is 0 Å². The Hall–Kier alpha value is -0.900. The maximum absolute atomic E-state index is 6.10. The molecule has 0 spiro atoms. The van der Waals surface area contributed by atoms with Crippen LogP contribution in [0.4, 0.5) is 0 Å². The van der Waals surface area contributed by atoms with Gasteiger partial charge in [0.15, 0.2) is 6.29 Å². The van der Waals surface area contributed by atoms with E-state index in [-0.39, 0.29) is 17.8 Å². The van der Waals surface area contributed by atoms with E-state index < -0.39 is 0 Å². The maximum Gasteiger partial charge on any atom is 0.158 e. The van der Waals surface area contributed by atoms with Crippen molar-refractivity contribution < 1.29 is 9.47 Å². The summed E-state index contributed by atoms with van der Waals surface area (Å²) in [5.74, 6) is 0. The third-order valence-electron chi connectivity index (χ3n) is 5.21. The van der Waals surface area contributed by atoms with Crippen LogP contribution in [0.25, 0.3) is 0 Å². The Bertz CT molecular complexity index is 500. The largest absolute Gasteiger partial charge is 0.350 e. The first-order valence-electron chi connectivity index (χ1n) is 9.59. The lowest BCUT2D eigenvalue weighted by Crippen LogP contribution is -2.37. The number of benzene rings is 1. The monoisotopic (exact) mass is 331 g/mol. The lowest BCUT2D eigenvalue weighted by atomic mass is 9.86. The normalized spacial score (nSPS) is 26.0. The summed E-state index contributed by atoms with van der Waals surface area (Å²) in [5, 5.41) is 0. The van der Waals surface area contributed by atoms with Gasteiger partial charge in [-0.2, -0.15) is 0 Å². The molecule has 24 heavy (non-hydrogen) atoms. The molecule has 2 fully saturated rings. The zero-order chi connectivity index (χ0) is 17.0. The number of aryl methyl sites for hydroxylation is 1. The number of likely N-dealkylation sites (tertiary alicyclic amines) is 1. The Morgan fingerprint density at radius 1 is 1.04 bits per heavy atom. The SMILES string of the molecule is CC(C)(C)c1ccc(CC[C@H]2OC[C@@H](CN3CCCCC3)O2)cc1. The molecule has 0 bridgehead atoms. The van der Waals surface area contributed by atoms with E-state index in [1.54, 1.807) is 0 Å². The van der Waals surface area contributed by atoms with E-state index in [0.29, 0.717) is 0 Å². The molecular formula is C21H33NO2. The molecule has 2 heterocycles. The van der Waals surface area contributed by atoms with Crippen LogP contribution in [0.1, 0.15) is 57.6 Å². The summed E-state index contributed by atoms with van der Waals surface area (Å²) in [6.07, 6.45) is 6.26. The van der Waals surface area contributed by atoms with Gasteiger partial charge < -0.3 is 14.4 Å². The molecule has 2 aliphatic rings. The molecular weight excluding hydrogens is 298 g/mol. The summed E-state index contributed by atoms with van der Waals surface area (Å²) < 4.78 is 12.0. The minimum absolute atomic E-state index is 0.0258. The molecule has 0 aliphatic carbocycles. The van der Waals surface area contributed by atoms with Gasteiger partial charge in [-0.05, 0) is 48.9 Å². The van der Waals surface area contributed by atoms with Crippen molar-refractivity contribution in [3.8, 4) is 0 Å². The van der Waals surface area contributed by atoms with Crippen LogP contribution in [0.5, 0.6) is 0 Å². The van der Waals surface area contributed by atoms with Gasteiger partial charge in [0.2, 0.25) is 0 Å². The number of ether oxygens (including phenoxy) is 2. The number of hydrogen-bond acceptors (Lipinski definition) is 3. The van der Waals surface area contributed by atoms with Crippen LogP contribution in [0.2, 0.25) is 0 Å². The van der Waals surface area contributed by atoms with Gasteiger partial charge in [0.05, 0.1) is 12.7 Å². The first kappa shape index (κ1) is 17.9. The molecule has 3 nitrogen and oxygen atoms in total. The summed E-state index contributed by atoms with van der Waals surface area (Å²) in [5.41, 5.74) is 2.98. The molecule has 1 aromatic rings. The van der Waals surface area contributed by atoms with Gasteiger partial charge in [-0.3, -0.25) is 0 Å². The first-order valence-corrected chi connectivity index (χ1v) is 9.59. The highest BCUT2D eigenvalue weighted by Gasteiger charge is 2.27. The Labute approximate surface area is 147 Å². The summed E-state index contributed by atoms with van der Waals surface area (Å²) in [6.45, 7) is 11.0. The third-order valence-corrected chi connectivity index (χ3v) is 5.21. The quantitative estimate of drug-likeness (QED) is 0.809. The fourth-order valence-corrected chi connectivity index (χ4v) is 3.64. The van der Waals surface area contributed by atoms with Crippen molar-refractivity contribution in [2.45, 2.75) is 70.7 Å². The van der Waals surface area contributed by atoms with Crippen molar-refractivity contribution in [3.05, 3.63) is 35.4 Å². The van der Waals surface area contributed by atoms with Crippen LogP contribution in [0, 0.1) is 0 Å². The molecule has 0 saturated carbocycles. The highest BCUT2D eigenvalue weighted by atomic mass is 16.7. The predicted molar refractivity (Wildman–Crippen MR) is 98.4 cm³/mol. The zero-order valence-corrected chi connectivity index (χ0v) is 15.6. The molecule has 3 heteroatoms. The predicted octanol–water partition coefficient (Wildman–Crippen LogP) is 4.14. The van der Waals surface area contributed by atoms with Gasteiger partial charge in [0, 0.05) is 13.0 Å². The number of piperidine rings is 1. The second-order valence-corrected chi connectivity index (χ2v) is 8.37. The molecule has 2 aliphatic heterocycles. The lowest BCUT2D eigenvalue weighted by Gasteiger charge is -2.28. The van der Waals surface area contributed by atoms with Gasteiger partial charge in [-0.15, -0.1) is 0 Å². The molecule has 0 amide bonds. The van der Waals surface area contributed by atoms with E-state index in [2.05, 4.69) is 49.9 Å². The van der Waals surface area contributed by atoms with Crippen LogP contribution < -0.4 is 0 Å². The molecule has 0 N–H and O–H groups in total.